The van der Waals surface area contributed by atoms with E-state index in [1.807, 2.05) is 0 Å². The molecule has 3 N–H and O–H groups in total. The molecule has 1 aliphatic carbocycles. The van der Waals surface area contributed by atoms with Crippen LogP contribution in [-0.4, -0.2) is 41.8 Å². The van der Waals surface area contributed by atoms with Gasteiger partial charge < -0.3 is 20.5 Å². The van der Waals surface area contributed by atoms with Crippen LogP contribution in [0.4, 0.5) is 27.6 Å². The number of pyridine rings is 1. The van der Waals surface area contributed by atoms with E-state index in [9.17, 15) is 31.5 Å². The Morgan fingerprint density at radius 3 is 2.49 bits per heavy atom. The summed E-state index contributed by atoms with van der Waals surface area (Å²) in [6.07, 6.45) is -4.49. The highest BCUT2D eigenvalue weighted by Gasteiger charge is 2.70. The summed E-state index contributed by atoms with van der Waals surface area (Å²) < 4.78 is 81.9. The van der Waals surface area contributed by atoms with E-state index in [2.05, 4.69) is 10.3 Å². The number of hydrogen-bond acceptors (Lipinski definition) is 5. The number of nitrogens with two attached hydrogens (primary N) is 1. The molecule has 2 fully saturated rings. The monoisotopic (exact) mass is 499 g/mol. The van der Waals surface area contributed by atoms with Gasteiger partial charge >= 0.3 is 6.18 Å². The van der Waals surface area contributed by atoms with Gasteiger partial charge in [0, 0.05) is 29.3 Å². The Labute approximate surface area is 196 Å². The number of alkyl halides is 3. The first-order valence-corrected chi connectivity index (χ1v) is 10.7. The molecule has 0 unspecified atom stereocenters. The van der Waals surface area contributed by atoms with Gasteiger partial charge in [0.2, 0.25) is 5.82 Å². The lowest BCUT2D eigenvalue weighted by Crippen LogP contribution is -2.49. The van der Waals surface area contributed by atoms with E-state index in [4.69, 9.17) is 15.2 Å². The van der Waals surface area contributed by atoms with Crippen molar-refractivity contribution in [2.75, 3.05) is 12.4 Å². The lowest BCUT2D eigenvalue weighted by atomic mass is 9.73. The second-order valence-corrected chi connectivity index (χ2v) is 8.80. The van der Waals surface area contributed by atoms with Gasteiger partial charge in [-0.1, -0.05) is 6.07 Å². The Hall–Kier alpha value is -3.28. The number of hydrogen-bond donors (Lipinski definition) is 2. The number of nitrogens with zero attached hydrogens (tertiary/aromatic N) is 1. The van der Waals surface area contributed by atoms with Gasteiger partial charge in [0.25, 0.3) is 11.8 Å². The number of benzene rings is 1. The maximum atomic E-state index is 14.6. The summed E-state index contributed by atoms with van der Waals surface area (Å²) in [5, 5.41) is 2.42. The summed E-state index contributed by atoms with van der Waals surface area (Å²) in [5.74, 6) is -8.09. The van der Waals surface area contributed by atoms with E-state index in [1.54, 1.807) is 0 Å². The fourth-order valence-corrected chi connectivity index (χ4v) is 4.85. The van der Waals surface area contributed by atoms with Crippen molar-refractivity contribution in [3.63, 3.8) is 0 Å². The molecule has 188 valence electrons. The molecule has 0 bridgehead atoms. The van der Waals surface area contributed by atoms with Crippen LogP contribution in [0.2, 0.25) is 0 Å². The van der Waals surface area contributed by atoms with Crippen molar-refractivity contribution in [3.8, 4) is 5.75 Å². The van der Waals surface area contributed by atoms with Gasteiger partial charge in [0.05, 0.1) is 7.11 Å². The molecule has 2 aromatic rings. The fourth-order valence-electron chi connectivity index (χ4n) is 4.85. The van der Waals surface area contributed by atoms with E-state index in [-0.39, 0.29) is 16.9 Å². The van der Waals surface area contributed by atoms with Crippen LogP contribution in [0, 0.1) is 23.5 Å². The number of nitrogens with one attached hydrogen (secondary N) is 1. The summed E-state index contributed by atoms with van der Waals surface area (Å²) in [6, 6.07) is 4.36. The Morgan fingerprint density at radius 2 is 1.91 bits per heavy atom. The zero-order chi connectivity index (χ0) is 25.7. The smallest absolute Gasteiger partial charge is 0.417 e. The molecule has 2 heterocycles. The highest BCUT2D eigenvalue weighted by Crippen LogP contribution is 2.62. The molecule has 4 atom stereocenters. The minimum Gasteiger partial charge on any atom is -0.493 e. The molecule has 1 aromatic heterocycles. The Balaban J connectivity index is 1.81. The molecule has 2 amide bonds. The molecule has 7 nitrogen and oxygen atoms in total. The third kappa shape index (κ3) is 4.30. The number of ether oxygens (including phenoxy) is 2. The van der Waals surface area contributed by atoms with Crippen molar-refractivity contribution in [2.45, 2.75) is 43.6 Å². The third-order valence-electron chi connectivity index (χ3n) is 6.60. The second kappa shape index (κ2) is 8.74. The average Bonchev–Trinajstić information content (AvgIpc) is 3.57. The van der Waals surface area contributed by atoms with E-state index in [1.165, 1.54) is 12.3 Å². The summed E-state index contributed by atoms with van der Waals surface area (Å²) in [4.78, 5) is 28.4. The van der Waals surface area contributed by atoms with Crippen LogP contribution in [0.25, 0.3) is 0 Å². The number of carbonyl (C=O) groups is 2. The second-order valence-electron chi connectivity index (χ2n) is 8.80. The summed E-state index contributed by atoms with van der Waals surface area (Å²) in [5.41, 5.74) is 2.21. The summed E-state index contributed by atoms with van der Waals surface area (Å²) >= 11 is 0. The third-order valence-corrected chi connectivity index (χ3v) is 6.60. The standard InChI is InChI=1S/C23H22F5N3O4/c1-22(23(26,27)28)16(10-3-4-10)15(12-5-6-13(24)17(25)18(12)34-2)19(35-22)21(33)31-11-7-8-30-14(9-11)20(29)32/h5-10,15-16,19H,3-4H2,1-2H3,(H2,29,32)(H,30,31,33)/t15-,16-,19-,22-/m1/s1. The summed E-state index contributed by atoms with van der Waals surface area (Å²) in [7, 11) is 1.06. The van der Waals surface area contributed by atoms with Gasteiger partial charge in [-0.05, 0) is 43.9 Å². The van der Waals surface area contributed by atoms with Gasteiger partial charge in [-0.2, -0.15) is 17.6 Å². The van der Waals surface area contributed by atoms with Crippen LogP contribution in [0.15, 0.2) is 30.5 Å². The Kier molecular flexibility index (Phi) is 6.20. The topological polar surface area (TPSA) is 104 Å². The maximum absolute atomic E-state index is 14.6. The van der Waals surface area contributed by atoms with Crippen LogP contribution in [0.3, 0.4) is 0 Å². The molecule has 35 heavy (non-hydrogen) atoms. The largest absolute Gasteiger partial charge is 0.493 e. The van der Waals surface area contributed by atoms with Gasteiger partial charge in [-0.3, -0.25) is 14.6 Å². The maximum Gasteiger partial charge on any atom is 0.417 e. The predicted octanol–water partition coefficient (Wildman–Crippen LogP) is 3.94. The summed E-state index contributed by atoms with van der Waals surface area (Å²) in [6.45, 7) is 0.861. The number of halogens is 5. The predicted molar refractivity (Wildman–Crippen MR) is 113 cm³/mol. The highest BCUT2D eigenvalue weighted by molar-refractivity contribution is 5.97. The van der Waals surface area contributed by atoms with Crippen LogP contribution < -0.4 is 15.8 Å². The van der Waals surface area contributed by atoms with Gasteiger partial charge in [-0.25, -0.2) is 4.39 Å². The van der Waals surface area contributed by atoms with Crippen molar-refractivity contribution in [1.29, 1.82) is 0 Å². The molecule has 2 aliphatic rings. The van der Waals surface area contributed by atoms with Crippen LogP contribution in [0.1, 0.15) is 41.7 Å². The minimum absolute atomic E-state index is 0.0435. The Bertz CT molecular complexity index is 1170. The highest BCUT2D eigenvalue weighted by atomic mass is 19.4. The lowest BCUT2D eigenvalue weighted by molar-refractivity contribution is -0.275. The molecule has 0 radical (unpaired) electrons. The quantitative estimate of drug-likeness (QED) is 0.587. The fraction of sp³-hybridized carbons (Fsp3) is 0.435. The van der Waals surface area contributed by atoms with E-state index < -0.39 is 64.8 Å². The van der Waals surface area contributed by atoms with Crippen molar-refractivity contribution in [2.24, 2.45) is 17.6 Å². The number of primary amides is 1. The van der Waals surface area contributed by atoms with Crippen LogP contribution in [-0.2, 0) is 9.53 Å². The number of methoxy groups -OCH3 is 1. The van der Waals surface area contributed by atoms with Crippen molar-refractivity contribution in [3.05, 3.63) is 53.4 Å². The number of carbonyl (C=O) groups excluding carboxylic acids is 2. The first-order valence-electron chi connectivity index (χ1n) is 10.7. The Morgan fingerprint density at radius 1 is 1.23 bits per heavy atom. The molecule has 1 aliphatic heterocycles. The molecule has 1 saturated carbocycles. The van der Waals surface area contributed by atoms with Crippen LogP contribution >= 0.6 is 0 Å². The first-order chi connectivity index (χ1) is 16.4. The molecule has 4 rings (SSSR count). The normalized spacial score (nSPS) is 26.4. The molecule has 1 aromatic carbocycles. The number of anilines is 1. The number of aromatic nitrogens is 1. The molecule has 0 spiro atoms. The first kappa shape index (κ1) is 24.8. The minimum atomic E-state index is -4.87. The van der Waals surface area contributed by atoms with Crippen molar-refractivity contribution < 1.29 is 41.0 Å². The molecular formula is C23H22F5N3O4. The van der Waals surface area contributed by atoms with Crippen LogP contribution in [0.5, 0.6) is 5.75 Å². The number of rotatable bonds is 6. The zero-order valence-electron chi connectivity index (χ0n) is 18.7. The van der Waals surface area contributed by atoms with Crippen molar-refractivity contribution >= 4 is 17.5 Å². The molecule has 12 heteroatoms. The molecular weight excluding hydrogens is 477 g/mol. The SMILES string of the molecule is COc1c([C@@H]2[C@@H](C3CC3)[C@](C)(C(F)(F)F)O[C@H]2C(=O)Nc2ccnc(C(N)=O)c2)ccc(F)c1F. The zero-order valence-corrected chi connectivity index (χ0v) is 18.7. The van der Waals surface area contributed by atoms with Gasteiger partial charge in [0.1, 0.15) is 11.8 Å². The molecule has 1 saturated heterocycles. The van der Waals surface area contributed by atoms with Gasteiger partial charge in [-0.15, -0.1) is 0 Å². The average molecular weight is 499 g/mol. The lowest BCUT2D eigenvalue weighted by Gasteiger charge is -2.34. The number of amides is 2. The van der Waals surface area contributed by atoms with E-state index >= 15 is 0 Å². The van der Waals surface area contributed by atoms with E-state index in [0.717, 1.165) is 32.2 Å². The van der Waals surface area contributed by atoms with Gasteiger partial charge in [0.15, 0.2) is 17.2 Å². The van der Waals surface area contributed by atoms with E-state index in [0.29, 0.717) is 12.8 Å². The van der Waals surface area contributed by atoms with Crippen molar-refractivity contribution in [1.82, 2.24) is 4.98 Å².